The maximum Gasteiger partial charge on any atom is 0.257 e. The van der Waals surface area contributed by atoms with Crippen LogP contribution in [0.4, 0.5) is 4.39 Å². The molecular weight excluding hydrogens is 451 g/mol. The van der Waals surface area contributed by atoms with Crippen LogP contribution in [-0.4, -0.2) is 57.8 Å². The highest BCUT2D eigenvalue weighted by Crippen LogP contribution is 2.38. The fourth-order valence-electron chi connectivity index (χ4n) is 4.87. The third kappa shape index (κ3) is 4.13. The average Bonchev–Trinajstić information content (AvgIpc) is 3.20. The molecule has 1 aromatic carbocycles. The van der Waals surface area contributed by atoms with E-state index in [4.69, 9.17) is 0 Å². The fourth-order valence-corrected chi connectivity index (χ4v) is 4.87. The van der Waals surface area contributed by atoms with Crippen molar-refractivity contribution < 1.29 is 19.4 Å². The highest BCUT2D eigenvalue weighted by atomic mass is 19.1. The number of hydrogen-bond acceptors (Lipinski definition) is 6. The minimum Gasteiger partial charge on any atom is -0.391 e. The summed E-state index contributed by atoms with van der Waals surface area (Å²) in [5.74, 6) is -1.05. The Labute approximate surface area is 203 Å². The maximum absolute atomic E-state index is 14.0. The van der Waals surface area contributed by atoms with Crippen molar-refractivity contribution in [3.05, 3.63) is 62.7 Å². The van der Waals surface area contributed by atoms with E-state index < -0.39 is 29.5 Å². The Hall–Kier alpha value is -3.14. The molecule has 0 spiro atoms. The summed E-state index contributed by atoms with van der Waals surface area (Å²) in [5.41, 5.74) is 0.784. The standard InChI is InChI=1S/C26H31FN4O4/c1-5-16-17-8-7-15(27)11-21(17)29-23-18(16)13-31-22(23)12-20(19(14-32)24(31)33)26(35,6-2)25(34)28-9-10-30(3)4/h7-8,11-12,32,35H,5-6,9-10,13-14H2,1-4H3,(H,28,34)/t26-/m0/s1. The lowest BCUT2D eigenvalue weighted by molar-refractivity contribution is -0.141. The van der Waals surface area contributed by atoms with Crippen molar-refractivity contribution in [1.29, 1.82) is 0 Å². The molecule has 1 aliphatic heterocycles. The number of carbonyl (C=O) groups is 1. The molecule has 0 unspecified atom stereocenters. The number of aryl methyl sites for hydroxylation is 1. The maximum atomic E-state index is 14.0. The van der Waals surface area contributed by atoms with E-state index in [9.17, 15) is 24.2 Å². The number of carbonyl (C=O) groups excluding carboxylic acids is 1. The Balaban J connectivity index is 1.91. The van der Waals surface area contributed by atoms with Crippen LogP contribution < -0.4 is 10.9 Å². The van der Waals surface area contributed by atoms with E-state index in [1.54, 1.807) is 19.1 Å². The zero-order chi connectivity index (χ0) is 25.5. The predicted octanol–water partition coefficient (Wildman–Crippen LogP) is 1.89. The Morgan fingerprint density at radius 3 is 2.63 bits per heavy atom. The van der Waals surface area contributed by atoms with Gasteiger partial charge >= 0.3 is 0 Å². The summed E-state index contributed by atoms with van der Waals surface area (Å²) in [6.07, 6.45) is 0.655. The molecule has 0 saturated carbocycles. The summed E-state index contributed by atoms with van der Waals surface area (Å²) >= 11 is 0. The molecule has 0 fully saturated rings. The molecule has 3 heterocycles. The minimum absolute atomic E-state index is 0.000117. The van der Waals surface area contributed by atoms with Crippen LogP contribution in [0, 0.1) is 5.82 Å². The lowest BCUT2D eigenvalue weighted by Gasteiger charge is -2.29. The SMILES string of the molecule is CCc1c2c(nc3cc(F)ccc13)-c1cc([C@@](O)(CC)C(=O)NCCN(C)C)c(CO)c(=O)n1C2. The van der Waals surface area contributed by atoms with Gasteiger partial charge in [0.15, 0.2) is 5.60 Å². The quantitative estimate of drug-likeness (QED) is 0.354. The van der Waals surface area contributed by atoms with Crippen molar-refractivity contribution >= 4 is 16.8 Å². The highest BCUT2D eigenvalue weighted by molar-refractivity contribution is 5.89. The minimum atomic E-state index is -2.02. The summed E-state index contributed by atoms with van der Waals surface area (Å²) < 4.78 is 15.5. The van der Waals surface area contributed by atoms with Gasteiger partial charge in [-0.25, -0.2) is 9.37 Å². The number of likely N-dealkylation sites (N-methyl/N-ethyl adjacent to an activating group) is 1. The van der Waals surface area contributed by atoms with Gasteiger partial charge in [-0.2, -0.15) is 0 Å². The van der Waals surface area contributed by atoms with Crippen molar-refractivity contribution in [3.8, 4) is 11.4 Å². The van der Waals surface area contributed by atoms with Gasteiger partial charge in [-0.3, -0.25) is 9.59 Å². The summed E-state index contributed by atoms with van der Waals surface area (Å²) in [6, 6.07) is 6.02. The van der Waals surface area contributed by atoms with Gasteiger partial charge < -0.3 is 25.0 Å². The molecule has 1 amide bonds. The molecule has 3 N–H and O–H groups in total. The van der Waals surface area contributed by atoms with E-state index >= 15 is 0 Å². The number of nitrogens with zero attached hydrogens (tertiary/aromatic N) is 3. The molecule has 2 aromatic heterocycles. The number of hydrogen-bond donors (Lipinski definition) is 3. The molecule has 35 heavy (non-hydrogen) atoms. The first-order chi connectivity index (χ1) is 16.7. The van der Waals surface area contributed by atoms with Crippen LogP contribution in [0.25, 0.3) is 22.3 Å². The number of fused-ring (bicyclic) bond motifs is 4. The van der Waals surface area contributed by atoms with Gasteiger partial charge in [0, 0.05) is 41.2 Å². The van der Waals surface area contributed by atoms with E-state index in [1.165, 1.54) is 16.7 Å². The van der Waals surface area contributed by atoms with Gasteiger partial charge in [-0.05, 0) is 50.7 Å². The molecule has 1 atom stereocenters. The van der Waals surface area contributed by atoms with E-state index in [2.05, 4.69) is 10.3 Å². The Morgan fingerprint density at radius 1 is 1.26 bits per heavy atom. The van der Waals surface area contributed by atoms with Crippen molar-refractivity contribution in [2.24, 2.45) is 0 Å². The summed E-state index contributed by atoms with van der Waals surface area (Å²) in [6.45, 7) is 4.15. The number of pyridine rings is 2. The van der Waals surface area contributed by atoms with Crippen molar-refractivity contribution in [3.63, 3.8) is 0 Å². The second-order valence-electron chi connectivity index (χ2n) is 9.18. The molecule has 186 valence electrons. The molecular formula is C26H31FN4O4. The Bertz CT molecular complexity index is 1370. The van der Waals surface area contributed by atoms with Crippen LogP contribution in [0.5, 0.6) is 0 Å². The second kappa shape index (κ2) is 9.49. The molecule has 9 heteroatoms. The zero-order valence-corrected chi connectivity index (χ0v) is 20.5. The first-order valence-electron chi connectivity index (χ1n) is 11.8. The van der Waals surface area contributed by atoms with Gasteiger partial charge in [-0.15, -0.1) is 0 Å². The first kappa shape index (κ1) is 25.0. The number of aliphatic hydroxyl groups excluding tert-OH is 1. The molecule has 3 aromatic rings. The van der Waals surface area contributed by atoms with Gasteiger partial charge in [0.1, 0.15) is 5.82 Å². The second-order valence-corrected chi connectivity index (χ2v) is 9.18. The lowest BCUT2D eigenvalue weighted by Crippen LogP contribution is -2.47. The van der Waals surface area contributed by atoms with E-state index in [-0.39, 0.29) is 24.1 Å². The molecule has 0 saturated heterocycles. The van der Waals surface area contributed by atoms with Crippen LogP contribution in [0.15, 0.2) is 29.1 Å². The summed E-state index contributed by atoms with van der Waals surface area (Å²) in [5, 5.41) is 25.1. The van der Waals surface area contributed by atoms with Crippen LogP contribution in [-0.2, 0) is 30.0 Å². The summed E-state index contributed by atoms with van der Waals surface area (Å²) in [7, 11) is 3.74. The van der Waals surface area contributed by atoms with Crippen molar-refractivity contribution in [1.82, 2.24) is 19.8 Å². The normalized spacial score (nSPS) is 14.2. The predicted molar refractivity (Wildman–Crippen MR) is 132 cm³/mol. The number of aliphatic hydroxyl groups is 2. The van der Waals surface area contributed by atoms with E-state index in [0.717, 1.165) is 16.5 Å². The number of rotatable bonds is 8. The van der Waals surface area contributed by atoms with Gasteiger partial charge in [0.05, 0.1) is 30.1 Å². The van der Waals surface area contributed by atoms with E-state index in [1.807, 2.05) is 25.9 Å². The van der Waals surface area contributed by atoms with Crippen LogP contribution in [0.3, 0.4) is 0 Å². The average molecular weight is 483 g/mol. The Morgan fingerprint density at radius 2 is 2.00 bits per heavy atom. The number of benzene rings is 1. The summed E-state index contributed by atoms with van der Waals surface area (Å²) in [4.78, 5) is 33.1. The van der Waals surface area contributed by atoms with Crippen molar-refractivity contribution in [2.75, 3.05) is 27.2 Å². The first-order valence-corrected chi connectivity index (χ1v) is 11.8. The molecule has 0 aliphatic carbocycles. The van der Waals surface area contributed by atoms with Gasteiger partial charge in [-0.1, -0.05) is 13.8 Å². The van der Waals surface area contributed by atoms with Gasteiger partial charge in [0.2, 0.25) is 0 Å². The molecule has 1 aliphatic rings. The lowest BCUT2D eigenvalue weighted by atomic mass is 9.86. The van der Waals surface area contributed by atoms with E-state index in [0.29, 0.717) is 36.4 Å². The topological polar surface area (TPSA) is 108 Å². The number of amides is 1. The Kier molecular flexibility index (Phi) is 6.77. The van der Waals surface area contributed by atoms with Gasteiger partial charge in [0.25, 0.3) is 11.5 Å². The molecule has 0 radical (unpaired) electrons. The third-order valence-electron chi connectivity index (χ3n) is 6.82. The smallest absolute Gasteiger partial charge is 0.257 e. The van der Waals surface area contributed by atoms with Crippen LogP contribution in [0.1, 0.15) is 42.5 Å². The monoisotopic (exact) mass is 482 g/mol. The molecule has 4 rings (SSSR count). The number of aromatic nitrogens is 2. The highest BCUT2D eigenvalue weighted by Gasteiger charge is 2.40. The fraction of sp³-hybridized carbons (Fsp3) is 0.423. The van der Waals surface area contributed by atoms with Crippen molar-refractivity contribution in [2.45, 2.75) is 45.4 Å². The number of halogens is 1. The largest absolute Gasteiger partial charge is 0.391 e. The molecule has 0 bridgehead atoms. The molecule has 8 nitrogen and oxygen atoms in total. The number of nitrogens with one attached hydrogen (secondary N) is 1. The zero-order valence-electron chi connectivity index (χ0n) is 20.5. The third-order valence-corrected chi connectivity index (χ3v) is 6.82. The van der Waals surface area contributed by atoms with Crippen LogP contribution in [0.2, 0.25) is 0 Å². The van der Waals surface area contributed by atoms with Crippen LogP contribution >= 0.6 is 0 Å².